The van der Waals surface area contributed by atoms with Crippen molar-refractivity contribution in [1.29, 1.82) is 0 Å². The van der Waals surface area contributed by atoms with E-state index in [1.54, 1.807) is 6.33 Å². The topological polar surface area (TPSA) is 61.4 Å². The molecule has 0 atom stereocenters. The van der Waals surface area contributed by atoms with Crippen LogP contribution in [-0.4, -0.2) is 60.0 Å². The number of rotatable bonds is 6. The second-order valence-electron chi connectivity index (χ2n) is 6.18. The van der Waals surface area contributed by atoms with E-state index in [1.165, 1.54) is 0 Å². The van der Waals surface area contributed by atoms with Gasteiger partial charge in [-0.3, -0.25) is 9.69 Å². The standard InChI is InChI=1S/C18H25N5O/c1-2-3-8-19-17(24)13-22-9-11-23(12-10-22)18-15-6-4-5-7-16(15)20-14-21-18/h4-7,14H,2-3,8-13H2,1H3,(H,19,24). The van der Waals surface area contributed by atoms with Crippen LogP contribution in [0.15, 0.2) is 30.6 Å². The quantitative estimate of drug-likeness (QED) is 0.818. The van der Waals surface area contributed by atoms with Gasteiger partial charge in [0, 0.05) is 38.1 Å². The van der Waals surface area contributed by atoms with Crippen molar-refractivity contribution in [3.05, 3.63) is 30.6 Å². The van der Waals surface area contributed by atoms with Crippen molar-refractivity contribution in [2.24, 2.45) is 0 Å². The van der Waals surface area contributed by atoms with E-state index in [9.17, 15) is 4.79 Å². The molecule has 1 aliphatic rings. The lowest BCUT2D eigenvalue weighted by Crippen LogP contribution is -2.49. The summed E-state index contributed by atoms with van der Waals surface area (Å²) in [5.41, 5.74) is 0.972. The van der Waals surface area contributed by atoms with E-state index >= 15 is 0 Å². The first kappa shape index (κ1) is 16.6. The molecule has 6 nitrogen and oxygen atoms in total. The van der Waals surface area contributed by atoms with Gasteiger partial charge in [0.2, 0.25) is 5.91 Å². The van der Waals surface area contributed by atoms with Crippen LogP contribution in [0.3, 0.4) is 0 Å². The van der Waals surface area contributed by atoms with E-state index < -0.39 is 0 Å². The molecule has 0 saturated carbocycles. The summed E-state index contributed by atoms with van der Waals surface area (Å²) in [7, 11) is 0. The van der Waals surface area contributed by atoms with Crippen molar-refractivity contribution in [3.8, 4) is 0 Å². The van der Waals surface area contributed by atoms with Gasteiger partial charge in [0.1, 0.15) is 12.1 Å². The molecule has 1 N–H and O–H groups in total. The minimum absolute atomic E-state index is 0.129. The number of benzene rings is 1. The predicted octanol–water partition coefficient (Wildman–Crippen LogP) is 1.67. The van der Waals surface area contributed by atoms with E-state index in [0.717, 1.165) is 62.3 Å². The molecule has 0 bridgehead atoms. The van der Waals surface area contributed by atoms with Crippen LogP contribution in [-0.2, 0) is 4.79 Å². The molecule has 3 rings (SSSR count). The first-order valence-corrected chi connectivity index (χ1v) is 8.71. The van der Waals surface area contributed by atoms with E-state index in [0.29, 0.717) is 6.54 Å². The summed E-state index contributed by atoms with van der Waals surface area (Å²) in [6, 6.07) is 8.09. The van der Waals surface area contributed by atoms with Crippen molar-refractivity contribution in [2.75, 3.05) is 44.2 Å². The average molecular weight is 327 g/mol. The second-order valence-corrected chi connectivity index (χ2v) is 6.18. The molecule has 1 aromatic heterocycles. The number of piperazine rings is 1. The van der Waals surface area contributed by atoms with Gasteiger partial charge in [-0.05, 0) is 18.6 Å². The maximum Gasteiger partial charge on any atom is 0.234 e. The van der Waals surface area contributed by atoms with Crippen molar-refractivity contribution >= 4 is 22.6 Å². The zero-order valence-corrected chi connectivity index (χ0v) is 14.2. The zero-order chi connectivity index (χ0) is 16.8. The summed E-state index contributed by atoms with van der Waals surface area (Å²) >= 11 is 0. The summed E-state index contributed by atoms with van der Waals surface area (Å²) in [4.78, 5) is 25.2. The Morgan fingerprint density at radius 1 is 1.17 bits per heavy atom. The summed E-state index contributed by atoms with van der Waals surface area (Å²) in [6.07, 6.45) is 3.78. The van der Waals surface area contributed by atoms with Gasteiger partial charge in [0.25, 0.3) is 0 Å². The number of anilines is 1. The molecule has 2 aromatic rings. The number of nitrogens with one attached hydrogen (secondary N) is 1. The number of aromatic nitrogens is 2. The lowest BCUT2D eigenvalue weighted by Gasteiger charge is -2.35. The third-order valence-corrected chi connectivity index (χ3v) is 4.41. The first-order valence-electron chi connectivity index (χ1n) is 8.71. The van der Waals surface area contributed by atoms with E-state index in [1.807, 2.05) is 18.2 Å². The van der Waals surface area contributed by atoms with Crippen LogP contribution in [0.4, 0.5) is 5.82 Å². The Morgan fingerprint density at radius 3 is 2.75 bits per heavy atom. The van der Waals surface area contributed by atoms with Crippen molar-refractivity contribution in [1.82, 2.24) is 20.2 Å². The van der Waals surface area contributed by atoms with E-state index in [4.69, 9.17) is 0 Å². The molecule has 128 valence electrons. The van der Waals surface area contributed by atoms with Crippen LogP contribution in [0.5, 0.6) is 0 Å². The fraction of sp³-hybridized carbons (Fsp3) is 0.500. The maximum atomic E-state index is 11.9. The van der Waals surface area contributed by atoms with Crippen LogP contribution in [0.2, 0.25) is 0 Å². The molecule has 0 aliphatic carbocycles. The second kappa shape index (κ2) is 8.06. The third kappa shape index (κ3) is 4.00. The lowest BCUT2D eigenvalue weighted by molar-refractivity contribution is -0.122. The van der Waals surface area contributed by atoms with Gasteiger partial charge >= 0.3 is 0 Å². The molecule has 24 heavy (non-hydrogen) atoms. The van der Waals surface area contributed by atoms with Crippen LogP contribution in [0.1, 0.15) is 19.8 Å². The fourth-order valence-electron chi connectivity index (χ4n) is 3.02. The molecule has 1 aromatic carbocycles. The number of hydrogen-bond donors (Lipinski definition) is 1. The van der Waals surface area contributed by atoms with Crippen LogP contribution in [0, 0.1) is 0 Å². The number of carbonyl (C=O) groups excluding carboxylic acids is 1. The largest absolute Gasteiger partial charge is 0.355 e. The Hall–Kier alpha value is -2.21. The van der Waals surface area contributed by atoms with Gasteiger partial charge in [-0.25, -0.2) is 9.97 Å². The number of nitrogens with zero attached hydrogens (tertiary/aromatic N) is 4. The number of para-hydroxylation sites is 1. The minimum Gasteiger partial charge on any atom is -0.355 e. The molecule has 1 saturated heterocycles. The summed E-state index contributed by atoms with van der Waals surface area (Å²) in [5.74, 6) is 1.12. The van der Waals surface area contributed by atoms with Crippen molar-refractivity contribution in [2.45, 2.75) is 19.8 Å². The molecular weight excluding hydrogens is 302 g/mol. The van der Waals surface area contributed by atoms with Crippen LogP contribution in [0.25, 0.3) is 10.9 Å². The van der Waals surface area contributed by atoms with Crippen LogP contribution >= 0.6 is 0 Å². The smallest absolute Gasteiger partial charge is 0.234 e. The van der Waals surface area contributed by atoms with Gasteiger partial charge in [0.05, 0.1) is 12.1 Å². The highest BCUT2D eigenvalue weighted by atomic mass is 16.2. The number of hydrogen-bond acceptors (Lipinski definition) is 5. The van der Waals surface area contributed by atoms with Crippen molar-refractivity contribution < 1.29 is 4.79 Å². The molecule has 6 heteroatoms. The first-order chi connectivity index (χ1) is 11.8. The zero-order valence-electron chi connectivity index (χ0n) is 14.2. The number of carbonyl (C=O) groups is 1. The highest BCUT2D eigenvalue weighted by molar-refractivity contribution is 5.89. The van der Waals surface area contributed by atoms with Gasteiger partial charge in [-0.15, -0.1) is 0 Å². The van der Waals surface area contributed by atoms with Gasteiger partial charge < -0.3 is 10.2 Å². The molecule has 2 heterocycles. The Labute approximate surface area is 142 Å². The van der Waals surface area contributed by atoms with Gasteiger partial charge in [-0.1, -0.05) is 25.5 Å². The normalized spacial score (nSPS) is 15.6. The third-order valence-electron chi connectivity index (χ3n) is 4.41. The fourth-order valence-corrected chi connectivity index (χ4v) is 3.02. The average Bonchev–Trinajstić information content (AvgIpc) is 2.62. The van der Waals surface area contributed by atoms with Gasteiger partial charge in [0.15, 0.2) is 0 Å². The lowest BCUT2D eigenvalue weighted by atomic mass is 10.2. The molecule has 0 radical (unpaired) electrons. The highest BCUT2D eigenvalue weighted by Gasteiger charge is 2.21. The summed E-state index contributed by atoms with van der Waals surface area (Å²) in [6.45, 7) is 6.90. The Balaban J connectivity index is 1.56. The monoisotopic (exact) mass is 327 g/mol. The molecule has 0 spiro atoms. The molecule has 1 aliphatic heterocycles. The maximum absolute atomic E-state index is 11.9. The molecular formula is C18H25N5O. The van der Waals surface area contributed by atoms with Crippen LogP contribution < -0.4 is 10.2 Å². The minimum atomic E-state index is 0.129. The van der Waals surface area contributed by atoms with E-state index in [2.05, 4.69) is 38.1 Å². The molecule has 1 fully saturated rings. The SMILES string of the molecule is CCCCNC(=O)CN1CCN(c2ncnc3ccccc23)CC1. The Morgan fingerprint density at radius 2 is 1.96 bits per heavy atom. The Bertz CT molecular complexity index is 677. The molecule has 1 amide bonds. The van der Waals surface area contributed by atoms with Gasteiger partial charge in [-0.2, -0.15) is 0 Å². The van der Waals surface area contributed by atoms with E-state index in [-0.39, 0.29) is 5.91 Å². The Kier molecular flexibility index (Phi) is 5.59. The summed E-state index contributed by atoms with van der Waals surface area (Å²) in [5, 5.41) is 4.07. The predicted molar refractivity (Wildman–Crippen MR) is 96.1 cm³/mol. The van der Waals surface area contributed by atoms with Crippen molar-refractivity contribution in [3.63, 3.8) is 0 Å². The highest BCUT2D eigenvalue weighted by Crippen LogP contribution is 2.23. The number of amides is 1. The summed E-state index contributed by atoms with van der Waals surface area (Å²) < 4.78 is 0. The number of fused-ring (bicyclic) bond motifs is 1. The molecule has 0 unspecified atom stereocenters. The number of unbranched alkanes of at least 4 members (excludes halogenated alkanes) is 1.